The molecule has 2 N–H and O–H groups in total. The Morgan fingerprint density at radius 3 is 2.61 bits per heavy atom. The van der Waals surface area contributed by atoms with E-state index in [9.17, 15) is 19.8 Å². The number of hydrogen-bond donors (Lipinski definition) is 2. The fraction of sp³-hybridized carbons (Fsp3) is 0.312. The normalized spacial score (nSPS) is 16.7. The van der Waals surface area contributed by atoms with Gasteiger partial charge in [0.25, 0.3) is 0 Å². The number of carbonyl (C=O) groups excluding carboxylic acids is 1. The number of carboxylic acid groups (broad SMARTS) is 1. The number of aromatic nitrogens is 2. The molecule has 1 atom stereocenters. The number of aromatic carboxylic acids is 1. The number of rotatable bonds is 3. The summed E-state index contributed by atoms with van der Waals surface area (Å²) in [6.45, 7) is 0. The molecule has 7 heteroatoms. The molecule has 0 bridgehead atoms. The van der Waals surface area contributed by atoms with Crippen molar-refractivity contribution in [2.24, 2.45) is 0 Å². The van der Waals surface area contributed by atoms with E-state index < -0.39 is 18.0 Å². The van der Waals surface area contributed by atoms with Crippen molar-refractivity contribution in [2.75, 3.05) is 7.11 Å². The summed E-state index contributed by atoms with van der Waals surface area (Å²) in [5.74, 6) is -1.04. The third kappa shape index (κ3) is 2.54. The number of carboxylic acids is 1. The van der Waals surface area contributed by atoms with Gasteiger partial charge in [-0.2, -0.15) is 0 Å². The highest BCUT2D eigenvalue weighted by Crippen LogP contribution is 2.34. The van der Waals surface area contributed by atoms with E-state index >= 15 is 0 Å². The minimum Gasteiger partial charge on any atom is -0.508 e. The molecular weight excluding hydrogens is 300 g/mol. The van der Waals surface area contributed by atoms with Crippen LogP contribution in [0.3, 0.4) is 0 Å². The molecular formula is C16H16N2O5. The van der Waals surface area contributed by atoms with Crippen molar-refractivity contribution in [2.45, 2.75) is 25.3 Å². The smallest absolute Gasteiger partial charge is 0.356 e. The molecule has 0 aliphatic carbocycles. The SMILES string of the molecule is COC(=O)C1CCCc2c(C(=O)O)nc(-c3ccc(O)cc3)n21. The number of benzene rings is 1. The molecule has 120 valence electrons. The molecule has 1 aromatic carbocycles. The molecule has 0 spiro atoms. The van der Waals surface area contributed by atoms with Gasteiger partial charge in [-0.3, -0.25) is 0 Å². The van der Waals surface area contributed by atoms with Crippen molar-refractivity contribution in [3.05, 3.63) is 35.7 Å². The van der Waals surface area contributed by atoms with E-state index in [-0.39, 0.29) is 11.4 Å². The molecule has 2 heterocycles. The van der Waals surface area contributed by atoms with Crippen LogP contribution in [0.5, 0.6) is 5.75 Å². The van der Waals surface area contributed by atoms with Crippen molar-refractivity contribution in [3.63, 3.8) is 0 Å². The standard InChI is InChI=1S/C16H16N2O5/c1-23-16(22)12-4-2-3-11-13(15(20)21)17-14(18(11)12)9-5-7-10(19)8-6-9/h5-8,12,19H,2-4H2,1H3,(H,20,21). The van der Waals surface area contributed by atoms with Crippen LogP contribution in [0, 0.1) is 0 Å². The van der Waals surface area contributed by atoms with Gasteiger partial charge in [0.15, 0.2) is 5.69 Å². The van der Waals surface area contributed by atoms with Gasteiger partial charge in [0.05, 0.1) is 12.8 Å². The minimum absolute atomic E-state index is 0.0401. The first-order chi connectivity index (χ1) is 11.0. The summed E-state index contributed by atoms with van der Waals surface area (Å²) >= 11 is 0. The highest BCUT2D eigenvalue weighted by molar-refractivity contribution is 5.88. The number of phenolic OH excluding ortho intramolecular Hbond substituents is 1. The molecule has 0 saturated carbocycles. The Balaban J connectivity index is 2.21. The average molecular weight is 316 g/mol. The van der Waals surface area contributed by atoms with Gasteiger partial charge < -0.3 is 19.5 Å². The number of methoxy groups -OCH3 is 1. The second-order valence-electron chi connectivity index (χ2n) is 5.38. The van der Waals surface area contributed by atoms with E-state index in [0.717, 1.165) is 0 Å². The van der Waals surface area contributed by atoms with Crippen LogP contribution in [0.1, 0.15) is 35.1 Å². The Labute approximate surface area is 132 Å². The molecule has 0 radical (unpaired) electrons. The van der Waals surface area contributed by atoms with Crippen LogP contribution in [0.25, 0.3) is 11.4 Å². The molecule has 0 saturated heterocycles. The average Bonchev–Trinajstić information content (AvgIpc) is 2.94. The Morgan fingerprint density at radius 2 is 2.00 bits per heavy atom. The van der Waals surface area contributed by atoms with Crippen LogP contribution in [-0.2, 0) is 16.0 Å². The zero-order chi connectivity index (χ0) is 16.6. The first kappa shape index (κ1) is 15.1. The Hall–Kier alpha value is -2.83. The van der Waals surface area contributed by atoms with Gasteiger partial charge in [0.2, 0.25) is 0 Å². The van der Waals surface area contributed by atoms with Crippen molar-refractivity contribution >= 4 is 11.9 Å². The van der Waals surface area contributed by atoms with E-state index in [4.69, 9.17) is 4.74 Å². The highest BCUT2D eigenvalue weighted by Gasteiger charge is 2.34. The van der Waals surface area contributed by atoms with Crippen LogP contribution >= 0.6 is 0 Å². The van der Waals surface area contributed by atoms with E-state index in [0.29, 0.717) is 36.3 Å². The summed E-state index contributed by atoms with van der Waals surface area (Å²) in [5, 5.41) is 18.8. The van der Waals surface area contributed by atoms with Gasteiger partial charge in [-0.15, -0.1) is 0 Å². The first-order valence-electron chi connectivity index (χ1n) is 7.24. The summed E-state index contributed by atoms with van der Waals surface area (Å²) < 4.78 is 6.51. The molecule has 1 aromatic heterocycles. The molecule has 0 amide bonds. The number of carbonyl (C=O) groups is 2. The van der Waals surface area contributed by atoms with Gasteiger partial charge in [0.1, 0.15) is 17.6 Å². The van der Waals surface area contributed by atoms with Gasteiger partial charge in [-0.1, -0.05) is 0 Å². The number of imidazole rings is 1. The van der Waals surface area contributed by atoms with Crippen LogP contribution in [0.4, 0.5) is 0 Å². The van der Waals surface area contributed by atoms with Crippen molar-refractivity contribution in [1.29, 1.82) is 0 Å². The number of phenols is 1. The number of ether oxygens (including phenoxy) is 1. The topological polar surface area (TPSA) is 102 Å². The lowest BCUT2D eigenvalue weighted by molar-refractivity contribution is -0.145. The predicted molar refractivity (Wildman–Crippen MR) is 80.3 cm³/mol. The fourth-order valence-corrected chi connectivity index (χ4v) is 2.98. The second-order valence-corrected chi connectivity index (χ2v) is 5.38. The summed E-state index contributed by atoms with van der Waals surface area (Å²) in [6.07, 6.45) is 1.81. The zero-order valence-corrected chi connectivity index (χ0v) is 12.5. The molecule has 23 heavy (non-hydrogen) atoms. The number of esters is 1. The maximum atomic E-state index is 12.1. The quantitative estimate of drug-likeness (QED) is 0.840. The molecule has 0 fully saturated rings. The summed E-state index contributed by atoms with van der Waals surface area (Å²) in [4.78, 5) is 27.8. The highest BCUT2D eigenvalue weighted by atomic mass is 16.5. The number of nitrogens with zero attached hydrogens (tertiary/aromatic N) is 2. The van der Waals surface area contributed by atoms with Crippen LogP contribution in [0.2, 0.25) is 0 Å². The molecule has 1 unspecified atom stereocenters. The molecule has 3 rings (SSSR count). The maximum absolute atomic E-state index is 12.1. The lowest BCUT2D eigenvalue weighted by atomic mass is 10.0. The first-order valence-corrected chi connectivity index (χ1v) is 7.24. The largest absolute Gasteiger partial charge is 0.508 e. The third-order valence-corrected chi connectivity index (χ3v) is 4.01. The zero-order valence-electron chi connectivity index (χ0n) is 12.5. The maximum Gasteiger partial charge on any atom is 0.356 e. The van der Waals surface area contributed by atoms with Gasteiger partial charge in [-0.25, -0.2) is 14.6 Å². The predicted octanol–water partition coefficient (Wildman–Crippen LogP) is 2.00. The lowest BCUT2D eigenvalue weighted by Gasteiger charge is -2.25. The van der Waals surface area contributed by atoms with Gasteiger partial charge in [0, 0.05) is 5.56 Å². The monoisotopic (exact) mass is 316 g/mol. The molecule has 1 aliphatic heterocycles. The van der Waals surface area contributed by atoms with Crippen LogP contribution in [0.15, 0.2) is 24.3 Å². The number of aromatic hydroxyl groups is 1. The van der Waals surface area contributed by atoms with E-state index in [2.05, 4.69) is 4.98 Å². The fourth-order valence-electron chi connectivity index (χ4n) is 2.98. The lowest BCUT2D eigenvalue weighted by Crippen LogP contribution is -2.27. The second kappa shape index (κ2) is 5.75. The molecule has 7 nitrogen and oxygen atoms in total. The van der Waals surface area contributed by atoms with Crippen LogP contribution < -0.4 is 0 Å². The summed E-state index contributed by atoms with van der Waals surface area (Å²) in [7, 11) is 1.31. The Kier molecular flexibility index (Phi) is 3.77. The van der Waals surface area contributed by atoms with E-state index in [1.165, 1.54) is 19.2 Å². The van der Waals surface area contributed by atoms with E-state index in [1.54, 1.807) is 16.7 Å². The number of hydrogen-bond acceptors (Lipinski definition) is 5. The van der Waals surface area contributed by atoms with Gasteiger partial charge in [-0.05, 0) is 43.5 Å². The minimum atomic E-state index is -1.12. The van der Waals surface area contributed by atoms with Crippen molar-refractivity contribution < 1.29 is 24.5 Å². The Bertz CT molecular complexity index is 764. The van der Waals surface area contributed by atoms with Crippen LogP contribution in [-0.4, -0.2) is 38.8 Å². The van der Waals surface area contributed by atoms with Crippen molar-refractivity contribution in [3.8, 4) is 17.1 Å². The van der Waals surface area contributed by atoms with Gasteiger partial charge >= 0.3 is 11.9 Å². The summed E-state index contributed by atoms with van der Waals surface area (Å²) in [6, 6.07) is 5.67. The van der Waals surface area contributed by atoms with Crippen molar-refractivity contribution in [1.82, 2.24) is 9.55 Å². The Morgan fingerprint density at radius 1 is 1.30 bits per heavy atom. The molecule has 1 aliphatic rings. The number of fused-ring (bicyclic) bond motifs is 1. The third-order valence-electron chi connectivity index (χ3n) is 4.01. The molecule has 2 aromatic rings. The summed E-state index contributed by atoms with van der Waals surface area (Å²) in [5.41, 5.74) is 1.12. The van der Waals surface area contributed by atoms with E-state index in [1.807, 2.05) is 0 Å².